The largest absolute Gasteiger partial charge is 0.389 e. The lowest BCUT2D eigenvalue weighted by Crippen LogP contribution is -2.27. The van der Waals surface area contributed by atoms with Crippen LogP contribution in [0.4, 0.5) is 0 Å². The third-order valence-corrected chi connectivity index (χ3v) is 3.58. The van der Waals surface area contributed by atoms with Crippen molar-refractivity contribution >= 4 is 34.7 Å². The van der Waals surface area contributed by atoms with Crippen molar-refractivity contribution in [3.63, 3.8) is 0 Å². The van der Waals surface area contributed by atoms with Crippen LogP contribution in [-0.4, -0.2) is 27.8 Å². The molecule has 0 saturated heterocycles. The SMILES string of the molecule is CN(Cc1ccccc1Cl)C(=O)c1ccc(C(N)=S)cn1. The maximum Gasteiger partial charge on any atom is 0.272 e. The molecule has 21 heavy (non-hydrogen) atoms. The predicted molar refractivity (Wildman–Crippen MR) is 87.4 cm³/mol. The summed E-state index contributed by atoms with van der Waals surface area (Å²) in [5, 5.41) is 0.633. The van der Waals surface area contributed by atoms with E-state index in [1.165, 1.54) is 6.20 Å². The van der Waals surface area contributed by atoms with Crippen molar-refractivity contribution in [2.45, 2.75) is 6.54 Å². The van der Waals surface area contributed by atoms with Crippen molar-refractivity contribution in [1.82, 2.24) is 9.88 Å². The van der Waals surface area contributed by atoms with E-state index in [0.717, 1.165) is 5.56 Å². The van der Waals surface area contributed by atoms with Gasteiger partial charge in [-0.2, -0.15) is 0 Å². The van der Waals surface area contributed by atoms with Crippen LogP contribution in [0.25, 0.3) is 0 Å². The molecular formula is C15H14ClN3OS. The Balaban J connectivity index is 2.12. The summed E-state index contributed by atoms with van der Waals surface area (Å²) >= 11 is 10.9. The molecule has 0 spiro atoms. The Morgan fingerprint density at radius 2 is 2.05 bits per heavy atom. The van der Waals surface area contributed by atoms with Gasteiger partial charge in [-0.25, -0.2) is 0 Å². The molecule has 0 aliphatic rings. The minimum atomic E-state index is -0.190. The summed E-state index contributed by atoms with van der Waals surface area (Å²) in [7, 11) is 1.70. The molecule has 1 heterocycles. The topological polar surface area (TPSA) is 59.2 Å². The maximum atomic E-state index is 12.3. The van der Waals surface area contributed by atoms with E-state index in [1.54, 1.807) is 30.1 Å². The zero-order valence-electron chi connectivity index (χ0n) is 11.4. The lowest BCUT2D eigenvalue weighted by atomic mass is 10.2. The molecule has 2 rings (SSSR count). The quantitative estimate of drug-likeness (QED) is 0.880. The second kappa shape index (κ2) is 6.65. The summed E-state index contributed by atoms with van der Waals surface area (Å²) in [6.07, 6.45) is 1.50. The highest BCUT2D eigenvalue weighted by Crippen LogP contribution is 2.17. The van der Waals surface area contributed by atoms with Crippen LogP contribution in [0.1, 0.15) is 21.6 Å². The number of nitrogens with zero attached hydrogens (tertiary/aromatic N) is 2. The molecule has 0 fully saturated rings. The molecule has 2 N–H and O–H groups in total. The molecule has 1 amide bonds. The van der Waals surface area contributed by atoms with Crippen LogP contribution in [0, 0.1) is 0 Å². The lowest BCUT2D eigenvalue weighted by molar-refractivity contribution is 0.0779. The van der Waals surface area contributed by atoms with Gasteiger partial charge >= 0.3 is 0 Å². The summed E-state index contributed by atoms with van der Waals surface area (Å²) in [6, 6.07) is 10.7. The molecule has 0 radical (unpaired) electrons. The van der Waals surface area contributed by atoms with E-state index in [1.807, 2.05) is 18.2 Å². The molecule has 1 aromatic heterocycles. The second-order valence-electron chi connectivity index (χ2n) is 4.55. The van der Waals surface area contributed by atoms with Gasteiger partial charge in [0.1, 0.15) is 10.7 Å². The molecule has 0 saturated carbocycles. The number of halogens is 1. The van der Waals surface area contributed by atoms with Gasteiger partial charge in [0.25, 0.3) is 5.91 Å². The van der Waals surface area contributed by atoms with Gasteiger partial charge in [0.2, 0.25) is 0 Å². The Labute approximate surface area is 133 Å². The Hall–Kier alpha value is -1.98. The fourth-order valence-corrected chi connectivity index (χ4v) is 2.13. The van der Waals surface area contributed by atoms with Gasteiger partial charge in [0.15, 0.2) is 0 Å². The van der Waals surface area contributed by atoms with Gasteiger partial charge in [-0.3, -0.25) is 9.78 Å². The molecule has 1 aromatic carbocycles. The number of carbonyl (C=O) groups is 1. The number of pyridine rings is 1. The van der Waals surface area contributed by atoms with Gasteiger partial charge in [0, 0.05) is 30.4 Å². The van der Waals surface area contributed by atoms with E-state index in [0.29, 0.717) is 22.8 Å². The smallest absolute Gasteiger partial charge is 0.272 e. The van der Waals surface area contributed by atoms with Crippen molar-refractivity contribution in [2.75, 3.05) is 7.05 Å². The number of aromatic nitrogens is 1. The Kier molecular flexibility index (Phi) is 4.88. The average molecular weight is 320 g/mol. The summed E-state index contributed by atoms with van der Waals surface area (Å²) < 4.78 is 0. The summed E-state index contributed by atoms with van der Waals surface area (Å²) in [5.41, 5.74) is 7.36. The first-order valence-corrected chi connectivity index (χ1v) is 7.02. The molecule has 6 heteroatoms. The van der Waals surface area contributed by atoms with Gasteiger partial charge in [-0.05, 0) is 23.8 Å². The van der Waals surface area contributed by atoms with Crippen molar-refractivity contribution in [1.29, 1.82) is 0 Å². The monoisotopic (exact) mass is 319 g/mol. The fraction of sp³-hybridized carbons (Fsp3) is 0.133. The van der Waals surface area contributed by atoms with Crippen LogP contribution in [0.5, 0.6) is 0 Å². The van der Waals surface area contributed by atoms with Crippen molar-refractivity contribution in [3.05, 3.63) is 64.4 Å². The Bertz CT molecular complexity index is 673. The highest BCUT2D eigenvalue weighted by atomic mass is 35.5. The maximum absolute atomic E-state index is 12.3. The van der Waals surface area contributed by atoms with Crippen LogP contribution in [0.2, 0.25) is 5.02 Å². The number of nitrogens with two attached hydrogens (primary N) is 1. The number of carbonyl (C=O) groups excluding carboxylic acids is 1. The molecule has 0 aliphatic heterocycles. The lowest BCUT2D eigenvalue weighted by Gasteiger charge is -2.17. The minimum Gasteiger partial charge on any atom is -0.389 e. The standard InChI is InChI=1S/C15H14ClN3OS/c1-19(9-11-4-2-3-5-12(11)16)15(20)13-7-6-10(8-18-13)14(17)21/h2-8H,9H2,1H3,(H2,17,21). The molecule has 0 unspecified atom stereocenters. The zero-order chi connectivity index (χ0) is 15.4. The van der Waals surface area contributed by atoms with Crippen molar-refractivity contribution in [3.8, 4) is 0 Å². The number of rotatable bonds is 4. The van der Waals surface area contributed by atoms with Gasteiger partial charge < -0.3 is 10.6 Å². The molecule has 0 aliphatic carbocycles. The third kappa shape index (κ3) is 3.77. The van der Waals surface area contributed by atoms with Gasteiger partial charge in [-0.15, -0.1) is 0 Å². The first kappa shape index (κ1) is 15.4. The van der Waals surface area contributed by atoms with E-state index in [4.69, 9.17) is 29.6 Å². The average Bonchev–Trinajstić information content (AvgIpc) is 2.49. The summed E-state index contributed by atoms with van der Waals surface area (Å²) in [4.78, 5) is 18.2. The predicted octanol–water partition coefficient (Wildman–Crippen LogP) is 2.64. The molecule has 0 atom stereocenters. The first-order chi connectivity index (χ1) is 9.99. The fourth-order valence-electron chi connectivity index (χ4n) is 1.82. The molecule has 2 aromatic rings. The minimum absolute atomic E-state index is 0.190. The Morgan fingerprint density at radius 1 is 1.33 bits per heavy atom. The third-order valence-electron chi connectivity index (χ3n) is 2.98. The second-order valence-corrected chi connectivity index (χ2v) is 5.40. The summed E-state index contributed by atoms with van der Waals surface area (Å²) in [6.45, 7) is 0.414. The normalized spacial score (nSPS) is 10.2. The number of thiocarbonyl (C=S) groups is 1. The molecule has 0 bridgehead atoms. The van der Waals surface area contributed by atoms with Crippen molar-refractivity contribution < 1.29 is 4.79 Å². The highest BCUT2D eigenvalue weighted by Gasteiger charge is 2.14. The van der Waals surface area contributed by atoms with Crippen LogP contribution < -0.4 is 5.73 Å². The molecular weight excluding hydrogens is 306 g/mol. The van der Waals surface area contributed by atoms with Gasteiger partial charge in [-0.1, -0.05) is 42.0 Å². The zero-order valence-corrected chi connectivity index (χ0v) is 13.0. The molecule has 4 nitrogen and oxygen atoms in total. The van der Waals surface area contributed by atoms with Crippen molar-refractivity contribution in [2.24, 2.45) is 5.73 Å². The molecule has 108 valence electrons. The van der Waals surface area contributed by atoms with Crippen LogP contribution in [-0.2, 0) is 6.54 Å². The Morgan fingerprint density at radius 3 is 2.62 bits per heavy atom. The number of benzene rings is 1. The summed E-state index contributed by atoms with van der Waals surface area (Å²) in [5.74, 6) is -0.190. The van der Waals surface area contributed by atoms with E-state index >= 15 is 0 Å². The van der Waals surface area contributed by atoms with E-state index in [2.05, 4.69) is 4.98 Å². The van der Waals surface area contributed by atoms with Crippen LogP contribution in [0.15, 0.2) is 42.6 Å². The van der Waals surface area contributed by atoms with Crippen LogP contribution >= 0.6 is 23.8 Å². The van der Waals surface area contributed by atoms with Gasteiger partial charge in [0.05, 0.1) is 0 Å². The van der Waals surface area contributed by atoms with E-state index in [-0.39, 0.29) is 10.9 Å². The number of amides is 1. The van der Waals surface area contributed by atoms with Crippen LogP contribution in [0.3, 0.4) is 0 Å². The first-order valence-electron chi connectivity index (χ1n) is 6.24. The van der Waals surface area contributed by atoms with E-state index < -0.39 is 0 Å². The van der Waals surface area contributed by atoms with E-state index in [9.17, 15) is 4.79 Å². The number of hydrogen-bond acceptors (Lipinski definition) is 3. The number of hydrogen-bond donors (Lipinski definition) is 1. The highest BCUT2D eigenvalue weighted by molar-refractivity contribution is 7.80.